The molecule has 0 aliphatic carbocycles. The van der Waals surface area contributed by atoms with E-state index in [4.69, 9.17) is 0 Å². The maximum atomic E-state index is 11.8. The molecule has 1 unspecified atom stereocenters. The van der Waals surface area contributed by atoms with Crippen LogP contribution in [0.25, 0.3) is 0 Å². The molecule has 0 aliphatic heterocycles. The zero-order valence-corrected chi connectivity index (χ0v) is 18.1. The number of carbonyl (C=O) groups excluding carboxylic acids is 2. The molecule has 0 aromatic heterocycles. The van der Waals surface area contributed by atoms with Crippen LogP contribution in [0.1, 0.15) is 46.1 Å². The number of aryl methyl sites for hydroxylation is 1. The Balaban J connectivity index is 0.000000280. The van der Waals surface area contributed by atoms with Crippen molar-refractivity contribution < 1.29 is 9.59 Å². The van der Waals surface area contributed by atoms with Gasteiger partial charge in [-0.25, -0.2) is 0 Å². The minimum atomic E-state index is 0.0974. The number of amides is 2. The lowest BCUT2D eigenvalue weighted by Gasteiger charge is -2.20. The Morgan fingerprint density at radius 2 is 1.54 bits per heavy atom. The summed E-state index contributed by atoms with van der Waals surface area (Å²) in [5, 5.41) is 0. The van der Waals surface area contributed by atoms with Gasteiger partial charge in [-0.3, -0.25) is 9.59 Å². The average Bonchev–Trinajstić information content (AvgIpc) is 2.73. The molecular weight excluding hydrogens is 348 g/mol. The third-order valence-electron chi connectivity index (χ3n) is 4.74. The predicted molar refractivity (Wildman–Crippen MR) is 119 cm³/mol. The molecule has 0 radical (unpaired) electrons. The monoisotopic (exact) mass is 382 g/mol. The smallest absolute Gasteiger partial charge is 0.229 e. The van der Waals surface area contributed by atoms with Crippen LogP contribution in [-0.2, 0) is 9.59 Å². The summed E-state index contributed by atoms with van der Waals surface area (Å²) in [6.07, 6.45) is 1.44. The second-order valence-electron chi connectivity index (χ2n) is 6.87. The Morgan fingerprint density at radius 3 is 2.04 bits per heavy atom. The SMILES string of the molecule is CCC(=O)N(CC)c1cccc(C)c1.CCC(C)C(=O)N(C)c1ccccc1. The van der Waals surface area contributed by atoms with Gasteiger partial charge in [0.2, 0.25) is 11.8 Å². The van der Waals surface area contributed by atoms with E-state index >= 15 is 0 Å². The molecular formula is C24H34N2O2. The van der Waals surface area contributed by atoms with Gasteiger partial charge in [-0.15, -0.1) is 0 Å². The highest BCUT2D eigenvalue weighted by Crippen LogP contribution is 2.17. The first-order valence-corrected chi connectivity index (χ1v) is 10.0. The average molecular weight is 383 g/mol. The molecule has 152 valence electrons. The van der Waals surface area contributed by atoms with Crippen LogP contribution in [0.4, 0.5) is 11.4 Å². The molecule has 0 aliphatic rings. The van der Waals surface area contributed by atoms with Crippen molar-refractivity contribution in [2.45, 2.75) is 47.5 Å². The minimum absolute atomic E-state index is 0.0974. The lowest BCUT2D eigenvalue weighted by atomic mass is 10.1. The summed E-state index contributed by atoms with van der Waals surface area (Å²) >= 11 is 0. The molecule has 0 fully saturated rings. The lowest BCUT2D eigenvalue weighted by Crippen LogP contribution is -2.31. The molecule has 4 heteroatoms. The van der Waals surface area contributed by atoms with E-state index in [1.165, 1.54) is 5.56 Å². The van der Waals surface area contributed by atoms with Crippen LogP contribution < -0.4 is 9.80 Å². The molecule has 2 aromatic carbocycles. The van der Waals surface area contributed by atoms with Gasteiger partial charge in [-0.05, 0) is 50.1 Å². The van der Waals surface area contributed by atoms with Crippen molar-refractivity contribution in [3.63, 3.8) is 0 Å². The van der Waals surface area contributed by atoms with Crippen molar-refractivity contribution >= 4 is 23.2 Å². The molecule has 0 saturated carbocycles. The third kappa shape index (κ3) is 6.84. The third-order valence-corrected chi connectivity index (χ3v) is 4.74. The molecule has 0 saturated heterocycles. The van der Waals surface area contributed by atoms with Crippen molar-refractivity contribution in [2.75, 3.05) is 23.4 Å². The number of carbonyl (C=O) groups is 2. The number of benzene rings is 2. The molecule has 28 heavy (non-hydrogen) atoms. The second kappa shape index (κ2) is 12.0. The van der Waals surface area contributed by atoms with Crippen LogP contribution >= 0.6 is 0 Å². The number of hydrogen-bond donors (Lipinski definition) is 0. The Bertz CT molecular complexity index is 743. The maximum Gasteiger partial charge on any atom is 0.229 e. The fourth-order valence-electron chi connectivity index (χ4n) is 2.77. The second-order valence-corrected chi connectivity index (χ2v) is 6.87. The lowest BCUT2D eigenvalue weighted by molar-refractivity contribution is -0.121. The van der Waals surface area contributed by atoms with E-state index < -0.39 is 0 Å². The summed E-state index contributed by atoms with van der Waals surface area (Å²) in [4.78, 5) is 26.9. The number of para-hydroxylation sites is 1. The molecule has 0 spiro atoms. The van der Waals surface area contributed by atoms with E-state index in [9.17, 15) is 9.59 Å². The molecule has 2 rings (SSSR count). The summed E-state index contributed by atoms with van der Waals surface area (Å²) in [6.45, 7) is 10.6. The van der Waals surface area contributed by atoms with Gasteiger partial charge in [0, 0.05) is 37.3 Å². The first-order valence-electron chi connectivity index (χ1n) is 10.0. The van der Waals surface area contributed by atoms with E-state index in [2.05, 4.69) is 0 Å². The Kier molecular flexibility index (Phi) is 10.0. The predicted octanol–water partition coefficient (Wildman–Crippen LogP) is 5.45. The fourth-order valence-corrected chi connectivity index (χ4v) is 2.77. The normalized spacial score (nSPS) is 11.1. The molecule has 2 amide bonds. The zero-order valence-electron chi connectivity index (χ0n) is 18.1. The molecule has 0 N–H and O–H groups in total. The van der Waals surface area contributed by atoms with Gasteiger partial charge < -0.3 is 9.80 Å². The Hall–Kier alpha value is -2.62. The maximum absolute atomic E-state index is 11.8. The first kappa shape index (κ1) is 23.4. The van der Waals surface area contributed by atoms with Gasteiger partial charge >= 0.3 is 0 Å². The van der Waals surface area contributed by atoms with Crippen molar-refractivity contribution in [2.24, 2.45) is 5.92 Å². The molecule has 1 atom stereocenters. The molecule has 0 bridgehead atoms. The van der Waals surface area contributed by atoms with E-state index in [0.717, 1.165) is 24.3 Å². The number of anilines is 2. The van der Waals surface area contributed by atoms with Gasteiger partial charge in [0.1, 0.15) is 0 Å². The molecule has 2 aromatic rings. The topological polar surface area (TPSA) is 40.6 Å². The summed E-state index contributed by atoms with van der Waals surface area (Å²) in [7, 11) is 1.82. The van der Waals surface area contributed by atoms with Crippen LogP contribution in [0, 0.1) is 12.8 Å². The zero-order chi connectivity index (χ0) is 21.1. The van der Waals surface area contributed by atoms with Crippen molar-refractivity contribution in [1.82, 2.24) is 0 Å². The Morgan fingerprint density at radius 1 is 0.929 bits per heavy atom. The van der Waals surface area contributed by atoms with Gasteiger partial charge in [-0.2, -0.15) is 0 Å². The van der Waals surface area contributed by atoms with Crippen molar-refractivity contribution in [1.29, 1.82) is 0 Å². The molecule has 0 heterocycles. The summed E-state index contributed by atoms with van der Waals surface area (Å²) in [5.74, 6) is 0.456. The Labute approximate surface area is 170 Å². The summed E-state index contributed by atoms with van der Waals surface area (Å²) in [5.41, 5.74) is 3.14. The van der Waals surface area contributed by atoms with E-state index in [0.29, 0.717) is 6.42 Å². The van der Waals surface area contributed by atoms with Crippen molar-refractivity contribution in [3.8, 4) is 0 Å². The quantitative estimate of drug-likeness (QED) is 0.666. The first-order chi connectivity index (χ1) is 13.3. The fraction of sp³-hybridized carbons (Fsp3) is 0.417. The van der Waals surface area contributed by atoms with E-state index in [1.54, 1.807) is 4.90 Å². The van der Waals surface area contributed by atoms with Gasteiger partial charge in [0.25, 0.3) is 0 Å². The highest BCUT2D eigenvalue weighted by atomic mass is 16.2. The number of rotatable bonds is 6. The van der Waals surface area contributed by atoms with Gasteiger partial charge in [0.15, 0.2) is 0 Å². The van der Waals surface area contributed by atoms with E-state index in [1.807, 2.05) is 101 Å². The van der Waals surface area contributed by atoms with Crippen molar-refractivity contribution in [3.05, 3.63) is 60.2 Å². The van der Waals surface area contributed by atoms with Gasteiger partial charge in [-0.1, -0.05) is 51.1 Å². The van der Waals surface area contributed by atoms with Crippen LogP contribution in [0.15, 0.2) is 54.6 Å². The largest absolute Gasteiger partial charge is 0.315 e. The van der Waals surface area contributed by atoms with Crippen LogP contribution in [0.2, 0.25) is 0 Å². The summed E-state index contributed by atoms with van der Waals surface area (Å²) in [6, 6.07) is 17.8. The standard InChI is InChI=1S/2C12H17NO/c1-4-10(2)12(14)13(3)11-8-6-5-7-9-11;1-4-12(14)13(5-2)11-8-6-7-10(3)9-11/h5-10H,4H2,1-3H3;6-9H,4-5H2,1-3H3. The number of hydrogen-bond acceptors (Lipinski definition) is 2. The summed E-state index contributed by atoms with van der Waals surface area (Å²) < 4.78 is 0. The van der Waals surface area contributed by atoms with Crippen LogP contribution in [0.5, 0.6) is 0 Å². The minimum Gasteiger partial charge on any atom is -0.315 e. The highest BCUT2D eigenvalue weighted by Gasteiger charge is 2.16. The highest BCUT2D eigenvalue weighted by molar-refractivity contribution is 5.94. The molecule has 4 nitrogen and oxygen atoms in total. The van der Waals surface area contributed by atoms with Gasteiger partial charge in [0.05, 0.1) is 0 Å². The van der Waals surface area contributed by atoms with Crippen LogP contribution in [-0.4, -0.2) is 25.4 Å². The van der Waals surface area contributed by atoms with Crippen LogP contribution in [0.3, 0.4) is 0 Å². The number of nitrogens with zero attached hydrogens (tertiary/aromatic N) is 2. The van der Waals surface area contributed by atoms with E-state index in [-0.39, 0.29) is 17.7 Å².